The monoisotopic (exact) mass is 172 g/mol. The highest BCUT2D eigenvalue weighted by Gasteiger charge is 2.04. The molecule has 0 radical (unpaired) electrons. The molecule has 0 aliphatic rings. The Bertz CT molecular complexity index is 126. The Hall–Kier alpha value is -0.410. The van der Waals surface area contributed by atoms with E-state index in [4.69, 9.17) is 5.73 Å². The third-order valence-electron chi connectivity index (χ3n) is 1.72. The molecule has 0 unspecified atom stereocenters. The Morgan fingerprint density at radius 3 is 2.50 bits per heavy atom. The van der Waals surface area contributed by atoms with Gasteiger partial charge < -0.3 is 5.73 Å². The fourth-order valence-corrected chi connectivity index (χ4v) is 1.15. The zero-order valence-electron chi connectivity index (χ0n) is 8.18. The SMILES string of the molecule is CCCCN(CCN)CC(C)=O. The molecule has 0 saturated carbocycles. The van der Waals surface area contributed by atoms with Crippen molar-refractivity contribution in [3.05, 3.63) is 0 Å². The number of nitrogens with two attached hydrogens (primary N) is 1. The normalized spacial score (nSPS) is 10.7. The van der Waals surface area contributed by atoms with E-state index in [9.17, 15) is 4.79 Å². The first-order valence-electron chi connectivity index (χ1n) is 4.62. The second-order valence-electron chi connectivity index (χ2n) is 3.12. The summed E-state index contributed by atoms with van der Waals surface area (Å²) in [6.07, 6.45) is 2.31. The van der Waals surface area contributed by atoms with Crippen molar-refractivity contribution in [2.24, 2.45) is 5.73 Å². The molecule has 0 heterocycles. The van der Waals surface area contributed by atoms with Crippen molar-refractivity contribution in [3.8, 4) is 0 Å². The highest BCUT2D eigenvalue weighted by Crippen LogP contribution is 1.94. The number of carbonyl (C=O) groups excluding carboxylic acids is 1. The molecule has 3 heteroatoms. The Kier molecular flexibility index (Phi) is 7.00. The van der Waals surface area contributed by atoms with Gasteiger partial charge in [0.2, 0.25) is 0 Å². The van der Waals surface area contributed by atoms with Gasteiger partial charge in [-0.05, 0) is 19.9 Å². The predicted octanol–water partition coefficient (Wildman–Crippen LogP) is 0.636. The minimum atomic E-state index is 0.222. The lowest BCUT2D eigenvalue weighted by Gasteiger charge is -2.19. The molecule has 0 amide bonds. The molecule has 0 spiro atoms. The summed E-state index contributed by atoms with van der Waals surface area (Å²) in [5, 5.41) is 0. The second kappa shape index (κ2) is 7.25. The number of ketones is 1. The van der Waals surface area contributed by atoms with Crippen molar-refractivity contribution < 1.29 is 4.79 Å². The number of carbonyl (C=O) groups is 1. The number of nitrogens with zero attached hydrogens (tertiary/aromatic N) is 1. The van der Waals surface area contributed by atoms with Gasteiger partial charge in [0.05, 0.1) is 6.54 Å². The van der Waals surface area contributed by atoms with Crippen LogP contribution in [0.3, 0.4) is 0 Å². The molecule has 0 bridgehead atoms. The van der Waals surface area contributed by atoms with E-state index in [2.05, 4.69) is 11.8 Å². The zero-order valence-corrected chi connectivity index (χ0v) is 8.18. The van der Waals surface area contributed by atoms with Gasteiger partial charge in [-0.25, -0.2) is 0 Å². The van der Waals surface area contributed by atoms with Crippen molar-refractivity contribution >= 4 is 5.78 Å². The molecule has 3 nitrogen and oxygen atoms in total. The lowest BCUT2D eigenvalue weighted by molar-refractivity contribution is -0.118. The van der Waals surface area contributed by atoms with E-state index >= 15 is 0 Å². The van der Waals surface area contributed by atoms with E-state index in [0.717, 1.165) is 19.5 Å². The summed E-state index contributed by atoms with van der Waals surface area (Å²) in [6, 6.07) is 0. The molecule has 0 rings (SSSR count). The molecule has 12 heavy (non-hydrogen) atoms. The van der Waals surface area contributed by atoms with Crippen LogP contribution in [0, 0.1) is 0 Å². The van der Waals surface area contributed by atoms with Gasteiger partial charge in [0.25, 0.3) is 0 Å². The van der Waals surface area contributed by atoms with Crippen LogP contribution in [0.1, 0.15) is 26.7 Å². The maximum atomic E-state index is 10.8. The van der Waals surface area contributed by atoms with E-state index in [0.29, 0.717) is 13.1 Å². The van der Waals surface area contributed by atoms with Gasteiger partial charge in [0, 0.05) is 13.1 Å². The van der Waals surface area contributed by atoms with E-state index in [1.165, 1.54) is 6.42 Å². The molecule has 0 aromatic rings. The van der Waals surface area contributed by atoms with Crippen molar-refractivity contribution in [1.82, 2.24) is 4.90 Å². The second-order valence-corrected chi connectivity index (χ2v) is 3.12. The Balaban J connectivity index is 3.61. The first-order chi connectivity index (χ1) is 5.70. The highest BCUT2D eigenvalue weighted by molar-refractivity contribution is 5.77. The zero-order chi connectivity index (χ0) is 9.40. The Morgan fingerprint density at radius 2 is 2.08 bits per heavy atom. The average Bonchev–Trinajstić information content (AvgIpc) is 2.00. The van der Waals surface area contributed by atoms with Crippen LogP contribution in [0.5, 0.6) is 0 Å². The summed E-state index contributed by atoms with van der Waals surface area (Å²) < 4.78 is 0. The van der Waals surface area contributed by atoms with Crippen LogP contribution in [0.4, 0.5) is 0 Å². The van der Waals surface area contributed by atoms with Gasteiger partial charge in [0.15, 0.2) is 0 Å². The fourth-order valence-electron chi connectivity index (χ4n) is 1.15. The topological polar surface area (TPSA) is 46.3 Å². The quantitative estimate of drug-likeness (QED) is 0.613. The van der Waals surface area contributed by atoms with Crippen LogP contribution in [-0.2, 0) is 4.79 Å². The minimum absolute atomic E-state index is 0.222. The van der Waals surface area contributed by atoms with Crippen LogP contribution in [0.2, 0.25) is 0 Å². The van der Waals surface area contributed by atoms with E-state index in [1.54, 1.807) is 6.92 Å². The standard InChI is InChI=1S/C9H20N2O/c1-3-4-6-11(7-5-10)8-9(2)12/h3-8,10H2,1-2H3. The first-order valence-corrected chi connectivity index (χ1v) is 4.62. The Labute approximate surface area is 74.9 Å². The van der Waals surface area contributed by atoms with Gasteiger partial charge >= 0.3 is 0 Å². The third-order valence-corrected chi connectivity index (χ3v) is 1.72. The lowest BCUT2D eigenvalue weighted by Crippen LogP contribution is -2.34. The molecule has 0 aromatic carbocycles. The molecule has 0 fully saturated rings. The summed E-state index contributed by atoms with van der Waals surface area (Å²) >= 11 is 0. The van der Waals surface area contributed by atoms with Crippen LogP contribution < -0.4 is 5.73 Å². The third kappa shape index (κ3) is 6.31. The summed E-state index contributed by atoms with van der Waals surface area (Å²) in [5.41, 5.74) is 5.42. The summed E-state index contributed by atoms with van der Waals surface area (Å²) in [7, 11) is 0. The average molecular weight is 172 g/mol. The fraction of sp³-hybridized carbons (Fsp3) is 0.889. The lowest BCUT2D eigenvalue weighted by atomic mass is 10.3. The molecule has 2 N–H and O–H groups in total. The van der Waals surface area contributed by atoms with Crippen LogP contribution in [0.25, 0.3) is 0 Å². The number of hydrogen-bond donors (Lipinski definition) is 1. The van der Waals surface area contributed by atoms with Gasteiger partial charge in [-0.3, -0.25) is 9.69 Å². The number of rotatable bonds is 7. The van der Waals surface area contributed by atoms with Crippen molar-refractivity contribution in [2.75, 3.05) is 26.2 Å². The molecule has 0 aromatic heterocycles. The van der Waals surface area contributed by atoms with Crippen molar-refractivity contribution in [1.29, 1.82) is 0 Å². The summed E-state index contributed by atoms with van der Waals surface area (Å²) in [6.45, 7) is 6.78. The van der Waals surface area contributed by atoms with Crippen LogP contribution >= 0.6 is 0 Å². The van der Waals surface area contributed by atoms with Gasteiger partial charge in [-0.2, -0.15) is 0 Å². The molecular formula is C9H20N2O. The molecule has 0 aliphatic heterocycles. The summed E-state index contributed by atoms with van der Waals surface area (Å²) in [5.74, 6) is 0.222. The maximum absolute atomic E-state index is 10.8. The van der Waals surface area contributed by atoms with Gasteiger partial charge in [-0.15, -0.1) is 0 Å². The molecule has 0 saturated heterocycles. The number of unbranched alkanes of at least 4 members (excludes halogenated alkanes) is 1. The Morgan fingerprint density at radius 1 is 1.42 bits per heavy atom. The molecular weight excluding hydrogens is 152 g/mol. The largest absolute Gasteiger partial charge is 0.329 e. The van der Waals surface area contributed by atoms with E-state index in [1.807, 2.05) is 0 Å². The first kappa shape index (κ1) is 11.6. The van der Waals surface area contributed by atoms with Crippen molar-refractivity contribution in [3.63, 3.8) is 0 Å². The van der Waals surface area contributed by atoms with Gasteiger partial charge in [-0.1, -0.05) is 13.3 Å². The highest BCUT2D eigenvalue weighted by atomic mass is 16.1. The van der Waals surface area contributed by atoms with Crippen LogP contribution in [0.15, 0.2) is 0 Å². The van der Waals surface area contributed by atoms with E-state index in [-0.39, 0.29) is 5.78 Å². The molecule has 72 valence electrons. The summed E-state index contributed by atoms with van der Waals surface area (Å²) in [4.78, 5) is 12.9. The smallest absolute Gasteiger partial charge is 0.143 e. The maximum Gasteiger partial charge on any atom is 0.143 e. The number of hydrogen-bond acceptors (Lipinski definition) is 3. The van der Waals surface area contributed by atoms with E-state index < -0.39 is 0 Å². The van der Waals surface area contributed by atoms with Crippen LogP contribution in [-0.4, -0.2) is 36.9 Å². The number of Topliss-reactive ketones (excluding diaryl/α,β-unsaturated/α-hetero) is 1. The molecule has 0 aliphatic carbocycles. The van der Waals surface area contributed by atoms with Gasteiger partial charge in [0.1, 0.15) is 5.78 Å². The minimum Gasteiger partial charge on any atom is -0.329 e. The van der Waals surface area contributed by atoms with Crippen molar-refractivity contribution in [2.45, 2.75) is 26.7 Å². The molecule has 0 atom stereocenters. The predicted molar refractivity (Wildman–Crippen MR) is 51.1 cm³/mol.